The van der Waals surface area contributed by atoms with Crippen molar-refractivity contribution in [3.63, 3.8) is 0 Å². The van der Waals surface area contributed by atoms with Gasteiger partial charge in [-0.1, -0.05) is 0 Å². The number of ether oxygens (including phenoxy) is 2. The van der Waals surface area contributed by atoms with E-state index >= 15 is 0 Å². The van der Waals surface area contributed by atoms with E-state index in [1.54, 1.807) is 0 Å². The van der Waals surface area contributed by atoms with Gasteiger partial charge in [-0.2, -0.15) is 0 Å². The van der Waals surface area contributed by atoms with E-state index in [9.17, 15) is 9.18 Å². The van der Waals surface area contributed by atoms with Crippen LogP contribution >= 0.6 is 12.4 Å². The normalized spacial score (nSPS) is 11.3. The molecule has 0 saturated carbocycles. The van der Waals surface area contributed by atoms with Gasteiger partial charge in [0.05, 0.1) is 20.6 Å². The fraction of sp³-hybridized carbons (Fsp3) is 0.364. The minimum atomic E-state index is -0.734. The van der Waals surface area contributed by atoms with Crippen LogP contribution in [0.5, 0.6) is 5.75 Å². The van der Waals surface area contributed by atoms with Gasteiger partial charge in [0.25, 0.3) is 0 Å². The summed E-state index contributed by atoms with van der Waals surface area (Å²) in [6, 6.07) is 3.49. The monoisotopic (exact) mass is 263 g/mol. The van der Waals surface area contributed by atoms with Crippen LogP contribution in [0.15, 0.2) is 18.2 Å². The van der Waals surface area contributed by atoms with Crippen molar-refractivity contribution in [3.8, 4) is 5.75 Å². The van der Waals surface area contributed by atoms with Gasteiger partial charge < -0.3 is 15.2 Å². The molecule has 0 bridgehead atoms. The average Bonchev–Trinajstić information content (AvgIpc) is 2.29. The fourth-order valence-corrected chi connectivity index (χ4v) is 1.31. The van der Waals surface area contributed by atoms with Crippen LogP contribution in [0.4, 0.5) is 4.39 Å². The molecule has 1 aromatic carbocycles. The summed E-state index contributed by atoms with van der Waals surface area (Å²) in [6.07, 6.45) is -0.0689. The molecule has 0 aliphatic heterocycles. The lowest BCUT2D eigenvalue weighted by atomic mass is 10.0. The molecule has 6 heteroatoms. The standard InChI is InChI=1S/C11H14FNO3.ClH/c1-15-7-3-4-9(12)8(5-7)10(13)6-11(14)16-2;/h3-5,10H,6,13H2,1-2H3;1H/t10-;/m1./s1. The number of hydrogen-bond acceptors (Lipinski definition) is 4. The first-order valence-corrected chi connectivity index (χ1v) is 4.74. The van der Waals surface area contributed by atoms with Crippen molar-refractivity contribution in [2.45, 2.75) is 12.5 Å². The Balaban J connectivity index is 0.00000256. The summed E-state index contributed by atoms with van der Waals surface area (Å²) >= 11 is 0. The van der Waals surface area contributed by atoms with Gasteiger partial charge in [-0.15, -0.1) is 12.4 Å². The number of carbonyl (C=O) groups is 1. The molecule has 0 heterocycles. The zero-order chi connectivity index (χ0) is 12.1. The summed E-state index contributed by atoms with van der Waals surface area (Å²) < 4.78 is 22.8. The van der Waals surface area contributed by atoms with Crippen molar-refractivity contribution in [1.82, 2.24) is 0 Å². The second kappa shape index (κ2) is 7.09. The van der Waals surface area contributed by atoms with Crippen LogP contribution in [0.1, 0.15) is 18.0 Å². The lowest BCUT2D eigenvalue weighted by Gasteiger charge is -2.12. The SMILES string of the molecule is COC(=O)C[C@@H](N)c1cc(OC)ccc1F.Cl. The first-order chi connectivity index (χ1) is 7.58. The Morgan fingerprint density at radius 2 is 2.12 bits per heavy atom. The third-order valence-electron chi connectivity index (χ3n) is 2.22. The van der Waals surface area contributed by atoms with Gasteiger partial charge in [-0.05, 0) is 18.2 Å². The second-order valence-electron chi connectivity index (χ2n) is 3.27. The number of rotatable bonds is 4. The van der Waals surface area contributed by atoms with Crippen molar-refractivity contribution in [1.29, 1.82) is 0 Å². The number of hydrogen-bond donors (Lipinski definition) is 1. The van der Waals surface area contributed by atoms with Crippen LogP contribution in [-0.2, 0) is 9.53 Å². The molecule has 0 spiro atoms. The number of halogens is 2. The highest BCUT2D eigenvalue weighted by molar-refractivity contribution is 5.85. The molecule has 0 aliphatic rings. The van der Waals surface area contributed by atoms with Crippen molar-refractivity contribution in [3.05, 3.63) is 29.6 Å². The van der Waals surface area contributed by atoms with Gasteiger partial charge in [0.15, 0.2) is 0 Å². The zero-order valence-corrected chi connectivity index (χ0v) is 10.4. The third kappa shape index (κ3) is 4.20. The maximum absolute atomic E-state index is 13.4. The average molecular weight is 264 g/mol. The molecule has 0 fully saturated rings. The molecule has 0 amide bonds. The van der Waals surface area contributed by atoms with Crippen molar-refractivity contribution in [2.24, 2.45) is 5.73 Å². The smallest absolute Gasteiger partial charge is 0.307 e. The summed E-state index contributed by atoms with van der Waals surface area (Å²) in [5.41, 5.74) is 5.94. The molecular weight excluding hydrogens is 249 g/mol. The van der Waals surface area contributed by atoms with Gasteiger partial charge in [0, 0.05) is 11.6 Å². The Morgan fingerprint density at radius 1 is 1.47 bits per heavy atom. The summed E-state index contributed by atoms with van der Waals surface area (Å²) in [4.78, 5) is 11.0. The summed E-state index contributed by atoms with van der Waals surface area (Å²) in [7, 11) is 2.74. The third-order valence-corrected chi connectivity index (χ3v) is 2.22. The molecule has 96 valence electrons. The number of benzene rings is 1. The van der Waals surface area contributed by atoms with E-state index in [1.165, 1.54) is 32.4 Å². The lowest BCUT2D eigenvalue weighted by Crippen LogP contribution is -2.17. The summed E-state index contributed by atoms with van der Waals surface area (Å²) in [5, 5.41) is 0. The van der Waals surface area contributed by atoms with Gasteiger partial charge in [0.2, 0.25) is 0 Å². The number of methoxy groups -OCH3 is 2. The van der Waals surface area contributed by atoms with E-state index in [1.807, 2.05) is 0 Å². The highest BCUT2D eigenvalue weighted by Gasteiger charge is 2.16. The Morgan fingerprint density at radius 3 is 2.65 bits per heavy atom. The molecule has 2 N–H and O–H groups in total. The molecule has 4 nitrogen and oxygen atoms in total. The number of carbonyl (C=O) groups excluding carboxylic acids is 1. The van der Waals surface area contributed by atoms with E-state index in [0.29, 0.717) is 5.75 Å². The van der Waals surface area contributed by atoms with Crippen molar-refractivity contribution >= 4 is 18.4 Å². The van der Waals surface area contributed by atoms with E-state index in [-0.39, 0.29) is 24.4 Å². The van der Waals surface area contributed by atoms with Gasteiger partial charge >= 0.3 is 5.97 Å². The molecular formula is C11H15ClFNO3. The highest BCUT2D eigenvalue weighted by Crippen LogP contribution is 2.23. The van der Waals surface area contributed by atoms with E-state index < -0.39 is 17.8 Å². The van der Waals surface area contributed by atoms with Crippen LogP contribution < -0.4 is 10.5 Å². The molecule has 1 aromatic rings. The maximum Gasteiger partial charge on any atom is 0.307 e. The molecule has 1 atom stereocenters. The van der Waals surface area contributed by atoms with Crippen LogP contribution in [0.25, 0.3) is 0 Å². The largest absolute Gasteiger partial charge is 0.497 e. The van der Waals surface area contributed by atoms with Crippen molar-refractivity contribution < 1.29 is 18.7 Å². The first kappa shape index (κ1) is 15.7. The van der Waals surface area contributed by atoms with Gasteiger partial charge in [0.1, 0.15) is 11.6 Å². The van der Waals surface area contributed by atoms with Crippen molar-refractivity contribution in [2.75, 3.05) is 14.2 Å². The fourth-order valence-electron chi connectivity index (χ4n) is 1.31. The Kier molecular flexibility index (Phi) is 6.53. The van der Waals surface area contributed by atoms with Crippen LogP contribution in [0, 0.1) is 5.82 Å². The molecule has 1 rings (SSSR count). The number of nitrogens with two attached hydrogens (primary N) is 1. The maximum atomic E-state index is 13.4. The summed E-state index contributed by atoms with van der Waals surface area (Å²) in [5.74, 6) is -0.441. The van der Waals surface area contributed by atoms with Gasteiger partial charge in [-0.25, -0.2) is 4.39 Å². The Bertz CT molecular complexity index is 387. The Labute approximate surface area is 105 Å². The molecule has 0 aromatic heterocycles. The predicted octanol–water partition coefficient (Wildman–Crippen LogP) is 1.82. The Hall–Kier alpha value is -1.33. The molecule has 17 heavy (non-hydrogen) atoms. The highest BCUT2D eigenvalue weighted by atomic mass is 35.5. The number of esters is 1. The second-order valence-corrected chi connectivity index (χ2v) is 3.27. The quantitative estimate of drug-likeness (QED) is 0.842. The molecule has 0 aliphatic carbocycles. The topological polar surface area (TPSA) is 61.5 Å². The molecule has 0 saturated heterocycles. The molecule has 0 unspecified atom stereocenters. The van der Waals surface area contributed by atoms with Gasteiger partial charge in [-0.3, -0.25) is 4.79 Å². The van der Waals surface area contributed by atoms with E-state index in [0.717, 1.165) is 0 Å². The first-order valence-electron chi connectivity index (χ1n) is 4.74. The minimum Gasteiger partial charge on any atom is -0.497 e. The van der Waals surface area contributed by atoms with Crippen LogP contribution in [-0.4, -0.2) is 20.2 Å². The van der Waals surface area contributed by atoms with E-state index in [4.69, 9.17) is 10.5 Å². The summed E-state index contributed by atoms with van der Waals surface area (Å²) in [6.45, 7) is 0. The minimum absolute atomic E-state index is 0. The van der Waals surface area contributed by atoms with Crippen LogP contribution in [0.2, 0.25) is 0 Å². The lowest BCUT2D eigenvalue weighted by molar-refractivity contribution is -0.141. The zero-order valence-electron chi connectivity index (χ0n) is 9.60. The predicted molar refractivity (Wildman–Crippen MR) is 63.8 cm³/mol. The van der Waals surface area contributed by atoms with Crippen LogP contribution in [0.3, 0.4) is 0 Å². The molecule has 0 radical (unpaired) electrons. The van der Waals surface area contributed by atoms with E-state index in [2.05, 4.69) is 4.74 Å².